The number of aromatic nitrogens is 3. The number of ether oxygens (including phenoxy) is 1. The number of benzene rings is 2. The van der Waals surface area contributed by atoms with Crippen molar-refractivity contribution < 1.29 is 9.53 Å². The number of carbonyl (C=O) groups excluding carboxylic acids is 1. The molecule has 8 heteroatoms. The number of rotatable bonds is 7. The van der Waals surface area contributed by atoms with Crippen LogP contribution in [0.4, 0.5) is 5.69 Å². The fourth-order valence-electron chi connectivity index (χ4n) is 2.83. The van der Waals surface area contributed by atoms with Crippen LogP contribution in [0.2, 0.25) is 5.02 Å². The van der Waals surface area contributed by atoms with Crippen LogP contribution in [0.3, 0.4) is 0 Å². The van der Waals surface area contributed by atoms with Crippen molar-refractivity contribution >= 4 is 23.2 Å². The molecular formula is C20H22ClN5O2. The van der Waals surface area contributed by atoms with E-state index in [0.717, 1.165) is 11.3 Å². The highest BCUT2D eigenvalue weighted by atomic mass is 35.5. The Morgan fingerprint density at radius 3 is 2.68 bits per heavy atom. The molecule has 0 bridgehead atoms. The zero-order valence-electron chi connectivity index (χ0n) is 16.0. The van der Waals surface area contributed by atoms with Crippen LogP contribution in [-0.4, -0.2) is 46.3 Å². The molecule has 28 heavy (non-hydrogen) atoms. The fourth-order valence-corrected chi connectivity index (χ4v) is 3.00. The number of likely N-dealkylation sites (N-methyl/N-ethyl adjacent to an activating group) is 1. The minimum Gasteiger partial charge on any atom is -0.495 e. The maximum Gasteiger partial charge on any atom is 0.238 e. The number of amides is 1. The average molecular weight is 400 g/mol. The van der Waals surface area contributed by atoms with E-state index < -0.39 is 0 Å². The highest BCUT2D eigenvalue weighted by molar-refractivity contribution is 6.31. The monoisotopic (exact) mass is 399 g/mol. The highest BCUT2D eigenvalue weighted by Crippen LogP contribution is 2.28. The number of methoxy groups -OCH3 is 1. The average Bonchev–Trinajstić information content (AvgIpc) is 3.22. The Morgan fingerprint density at radius 1 is 1.29 bits per heavy atom. The standard InChI is InChI=1S/C20H22ClN5O2/c1-14(15-4-7-17(8-5-15)26-13-22-12-23-26)25(2)11-20(27)24-18-10-16(21)6-9-19(18)28-3/h4-10,12-14H,11H2,1-3H3,(H,24,27). The van der Waals surface area contributed by atoms with E-state index >= 15 is 0 Å². The van der Waals surface area contributed by atoms with Gasteiger partial charge in [-0.1, -0.05) is 23.7 Å². The van der Waals surface area contributed by atoms with E-state index in [0.29, 0.717) is 16.5 Å². The molecule has 1 heterocycles. The van der Waals surface area contributed by atoms with Crippen molar-refractivity contribution in [2.24, 2.45) is 0 Å². The van der Waals surface area contributed by atoms with Crippen molar-refractivity contribution in [3.05, 3.63) is 65.7 Å². The van der Waals surface area contributed by atoms with Gasteiger partial charge in [0, 0.05) is 11.1 Å². The first-order chi connectivity index (χ1) is 13.5. The molecule has 0 radical (unpaired) electrons. The minimum absolute atomic E-state index is 0.0526. The maximum absolute atomic E-state index is 12.5. The summed E-state index contributed by atoms with van der Waals surface area (Å²) in [5, 5.41) is 7.51. The molecule has 146 valence electrons. The van der Waals surface area contributed by atoms with Gasteiger partial charge in [0.25, 0.3) is 0 Å². The molecule has 1 N–H and O–H groups in total. The second-order valence-corrected chi connectivity index (χ2v) is 6.85. The van der Waals surface area contributed by atoms with E-state index in [2.05, 4.69) is 22.3 Å². The fraction of sp³-hybridized carbons (Fsp3) is 0.250. The van der Waals surface area contributed by atoms with Gasteiger partial charge in [-0.2, -0.15) is 5.10 Å². The molecule has 0 saturated carbocycles. The molecule has 3 aromatic rings. The van der Waals surface area contributed by atoms with Crippen molar-refractivity contribution in [1.82, 2.24) is 19.7 Å². The zero-order chi connectivity index (χ0) is 20.1. The van der Waals surface area contributed by atoms with Crippen LogP contribution in [0.25, 0.3) is 5.69 Å². The van der Waals surface area contributed by atoms with Gasteiger partial charge in [0.2, 0.25) is 5.91 Å². The van der Waals surface area contributed by atoms with Crippen molar-refractivity contribution in [2.45, 2.75) is 13.0 Å². The van der Waals surface area contributed by atoms with Crippen molar-refractivity contribution in [3.63, 3.8) is 0 Å². The minimum atomic E-state index is -0.144. The molecule has 0 aliphatic heterocycles. The zero-order valence-corrected chi connectivity index (χ0v) is 16.7. The summed E-state index contributed by atoms with van der Waals surface area (Å²) in [6.07, 6.45) is 3.15. The van der Waals surface area contributed by atoms with Crippen LogP contribution in [-0.2, 0) is 4.79 Å². The van der Waals surface area contributed by atoms with Gasteiger partial charge in [0.15, 0.2) is 0 Å². The number of carbonyl (C=O) groups is 1. The van der Waals surface area contributed by atoms with Gasteiger partial charge in [-0.15, -0.1) is 0 Å². The van der Waals surface area contributed by atoms with Gasteiger partial charge in [-0.25, -0.2) is 9.67 Å². The summed E-state index contributed by atoms with van der Waals surface area (Å²) < 4.78 is 6.96. The van der Waals surface area contributed by atoms with Gasteiger partial charge in [-0.3, -0.25) is 9.69 Å². The molecule has 0 spiro atoms. The summed E-state index contributed by atoms with van der Waals surface area (Å²) in [6.45, 7) is 2.28. The molecule has 3 rings (SSSR count). The summed E-state index contributed by atoms with van der Waals surface area (Å²) in [4.78, 5) is 18.4. The third-order valence-corrected chi connectivity index (χ3v) is 4.78. The predicted molar refractivity (Wildman–Crippen MR) is 109 cm³/mol. The van der Waals surface area contributed by atoms with Crippen LogP contribution in [0.5, 0.6) is 5.75 Å². The van der Waals surface area contributed by atoms with Gasteiger partial charge < -0.3 is 10.1 Å². The number of nitrogens with zero attached hydrogens (tertiary/aromatic N) is 4. The lowest BCUT2D eigenvalue weighted by Gasteiger charge is -2.25. The first-order valence-electron chi connectivity index (χ1n) is 8.76. The van der Waals surface area contributed by atoms with E-state index in [-0.39, 0.29) is 18.5 Å². The number of halogens is 1. The maximum atomic E-state index is 12.5. The number of nitrogens with one attached hydrogen (secondary N) is 1. The molecule has 0 aliphatic carbocycles. The first-order valence-corrected chi connectivity index (χ1v) is 9.14. The van der Waals surface area contributed by atoms with Crippen LogP contribution in [0.15, 0.2) is 55.1 Å². The summed E-state index contributed by atoms with van der Waals surface area (Å²) in [7, 11) is 3.46. The SMILES string of the molecule is COc1ccc(Cl)cc1NC(=O)CN(C)C(C)c1ccc(-n2cncn2)cc1. The Kier molecular flexibility index (Phi) is 6.28. The van der Waals surface area contributed by atoms with Crippen molar-refractivity contribution in [1.29, 1.82) is 0 Å². The molecule has 0 saturated heterocycles. The van der Waals surface area contributed by atoms with Gasteiger partial charge >= 0.3 is 0 Å². The lowest BCUT2D eigenvalue weighted by atomic mass is 10.1. The number of hydrogen-bond donors (Lipinski definition) is 1. The molecule has 7 nitrogen and oxygen atoms in total. The Labute approximate surface area is 168 Å². The topological polar surface area (TPSA) is 72.3 Å². The number of anilines is 1. The quantitative estimate of drug-likeness (QED) is 0.657. The molecule has 1 unspecified atom stereocenters. The first kappa shape index (κ1) is 19.9. The molecule has 1 aromatic heterocycles. The third-order valence-electron chi connectivity index (χ3n) is 4.55. The normalized spacial score (nSPS) is 12.0. The van der Waals surface area contributed by atoms with Crippen molar-refractivity contribution in [3.8, 4) is 11.4 Å². The van der Waals surface area contributed by atoms with Crippen LogP contribution in [0.1, 0.15) is 18.5 Å². The van der Waals surface area contributed by atoms with Gasteiger partial charge in [0.05, 0.1) is 25.0 Å². The second-order valence-electron chi connectivity index (χ2n) is 6.42. The summed E-state index contributed by atoms with van der Waals surface area (Å²) in [5.41, 5.74) is 2.58. The smallest absolute Gasteiger partial charge is 0.238 e. The molecule has 1 atom stereocenters. The van der Waals surface area contributed by atoms with Gasteiger partial charge in [0.1, 0.15) is 18.4 Å². The molecular weight excluding hydrogens is 378 g/mol. The van der Waals surface area contributed by atoms with E-state index in [1.165, 1.54) is 6.33 Å². The van der Waals surface area contributed by atoms with Crippen LogP contribution in [0, 0.1) is 0 Å². The van der Waals surface area contributed by atoms with E-state index in [4.69, 9.17) is 16.3 Å². The Morgan fingerprint density at radius 2 is 2.04 bits per heavy atom. The van der Waals surface area contributed by atoms with E-state index in [9.17, 15) is 4.79 Å². The largest absolute Gasteiger partial charge is 0.495 e. The van der Waals surface area contributed by atoms with Crippen molar-refractivity contribution in [2.75, 3.05) is 26.0 Å². The van der Waals surface area contributed by atoms with E-state index in [1.54, 1.807) is 36.3 Å². The summed E-state index contributed by atoms with van der Waals surface area (Å²) in [6, 6.07) is 13.2. The predicted octanol–water partition coefficient (Wildman–Crippen LogP) is 3.56. The molecule has 2 aromatic carbocycles. The Bertz CT molecular complexity index is 928. The molecule has 0 aliphatic rings. The lowest BCUT2D eigenvalue weighted by molar-refractivity contribution is -0.117. The lowest BCUT2D eigenvalue weighted by Crippen LogP contribution is -2.32. The van der Waals surface area contributed by atoms with E-state index in [1.807, 2.05) is 36.2 Å². The Balaban J connectivity index is 1.63. The van der Waals surface area contributed by atoms with Gasteiger partial charge in [-0.05, 0) is 49.9 Å². The molecule has 0 fully saturated rings. The highest BCUT2D eigenvalue weighted by Gasteiger charge is 2.16. The van der Waals surface area contributed by atoms with Crippen LogP contribution < -0.4 is 10.1 Å². The second kappa shape index (κ2) is 8.86. The summed E-state index contributed by atoms with van der Waals surface area (Å²) in [5.74, 6) is 0.423. The van der Waals surface area contributed by atoms with Crippen LogP contribution >= 0.6 is 11.6 Å². The Hall–Kier alpha value is -2.90. The number of hydrogen-bond acceptors (Lipinski definition) is 5. The summed E-state index contributed by atoms with van der Waals surface area (Å²) >= 11 is 6.02. The third kappa shape index (κ3) is 4.68. The molecule has 1 amide bonds.